The number of halogens is 2. The van der Waals surface area contributed by atoms with Crippen molar-refractivity contribution in [3.63, 3.8) is 0 Å². The maximum absolute atomic E-state index is 14.6. The van der Waals surface area contributed by atoms with E-state index in [0.717, 1.165) is 16.9 Å². The van der Waals surface area contributed by atoms with Crippen LogP contribution in [0.3, 0.4) is 0 Å². The van der Waals surface area contributed by atoms with Crippen molar-refractivity contribution in [2.45, 2.75) is 43.4 Å². The predicted octanol–water partition coefficient (Wildman–Crippen LogP) is 4.79. The van der Waals surface area contributed by atoms with Crippen LogP contribution < -0.4 is 9.47 Å². The summed E-state index contributed by atoms with van der Waals surface area (Å²) in [6.45, 7) is 1.60. The average Bonchev–Trinajstić information content (AvgIpc) is 2.90. The molecule has 4 heteroatoms. The Morgan fingerprint density at radius 1 is 1.12 bits per heavy atom. The van der Waals surface area contributed by atoms with Crippen LogP contribution in [0, 0.1) is 5.82 Å². The number of methoxy groups -OCH3 is 1. The highest BCUT2D eigenvalue weighted by Gasteiger charge is 2.56. The van der Waals surface area contributed by atoms with E-state index >= 15 is 0 Å². The zero-order valence-corrected chi connectivity index (χ0v) is 13.8. The molecule has 3 unspecified atom stereocenters. The summed E-state index contributed by atoms with van der Waals surface area (Å²) in [7, 11) is 1.62. The quantitative estimate of drug-likeness (QED) is 0.788. The Morgan fingerprint density at radius 2 is 1.88 bits per heavy atom. The number of benzene rings is 2. The van der Waals surface area contributed by atoms with Crippen LogP contribution in [0.2, 0.25) is 0 Å². The molecule has 0 N–H and O–H groups in total. The fraction of sp³-hybridized carbons (Fsp3) is 0.400. The van der Waals surface area contributed by atoms with Crippen LogP contribution in [0.1, 0.15) is 37.3 Å². The molecule has 0 aromatic heterocycles. The topological polar surface area (TPSA) is 18.5 Å². The zero-order chi connectivity index (χ0) is 16.9. The number of rotatable bonds is 2. The zero-order valence-electron chi connectivity index (χ0n) is 13.8. The van der Waals surface area contributed by atoms with Crippen LogP contribution in [-0.4, -0.2) is 18.9 Å². The molecule has 1 saturated carbocycles. The lowest BCUT2D eigenvalue weighted by molar-refractivity contribution is 0.0184. The third-order valence-corrected chi connectivity index (χ3v) is 5.51. The summed E-state index contributed by atoms with van der Waals surface area (Å²) in [6, 6.07) is 12.8. The van der Waals surface area contributed by atoms with Gasteiger partial charge in [0.15, 0.2) is 11.6 Å². The van der Waals surface area contributed by atoms with Crippen molar-refractivity contribution in [1.29, 1.82) is 0 Å². The van der Waals surface area contributed by atoms with Crippen LogP contribution in [0.25, 0.3) is 0 Å². The molecular weight excluding hydrogens is 310 g/mol. The van der Waals surface area contributed by atoms with Gasteiger partial charge in [0.1, 0.15) is 17.5 Å². The smallest absolute Gasteiger partial charge is 0.165 e. The van der Waals surface area contributed by atoms with Gasteiger partial charge in [-0.1, -0.05) is 24.3 Å². The van der Waals surface area contributed by atoms with Crippen molar-refractivity contribution in [2.24, 2.45) is 0 Å². The maximum atomic E-state index is 14.6. The molecule has 2 aliphatic rings. The van der Waals surface area contributed by atoms with Crippen molar-refractivity contribution in [1.82, 2.24) is 0 Å². The molecule has 0 bridgehead atoms. The number of hydrogen-bond donors (Lipinski definition) is 0. The molecule has 2 aromatic carbocycles. The maximum Gasteiger partial charge on any atom is 0.165 e. The van der Waals surface area contributed by atoms with Crippen molar-refractivity contribution in [3.05, 3.63) is 59.4 Å². The Bertz CT molecular complexity index is 770. The van der Waals surface area contributed by atoms with E-state index in [1.807, 2.05) is 30.3 Å². The first-order chi connectivity index (χ1) is 11.5. The molecule has 2 nitrogen and oxygen atoms in total. The standard InChI is InChI=1S/C20H20F2O2/c1-19(22)10-11-20(13-6-8-14(23-2)9-7-13)15-4-3-5-16(21)18(15)24-17(20)12-19/h3-9,17H,10-12H2,1-2H3. The molecule has 1 heterocycles. The van der Waals surface area contributed by atoms with Crippen molar-refractivity contribution >= 4 is 0 Å². The lowest BCUT2D eigenvalue weighted by Crippen LogP contribution is -2.48. The lowest BCUT2D eigenvalue weighted by atomic mass is 9.62. The van der Waals surface area contributed by atoms with E-state index in [0.29, 0.717) is 12.8 Å². The fourth-order valence-corrected chi connectivity index (χ4v) is 4.23. The first-order valence-corrected chi connectivity index (χ1v) is 8.25. The lowest BCUT2D eigenvalue weighted by Gasteiger charge is -2.43. The molecule has 1 aliphatic heterocycles. The Labute approximate surface area is 140 Å². The number of ether oxygens (including phenoxy) is 2. The highest BCUT2D eigenvalue weighted by atomic mass is 19.1. The summed E-state index contributed by atoms with van der Waals surface area (Å²) in [5.41, 5.74) is 0.0513. The Kier molecular flexibility index (Phi) is 3.34. The summed E-state index contributed by atoms with van der Waals surface area (Å²) in [4.78, 5) is 0. The molecule has 4 rings (SSSR count). The third kappa shape index (κ3) is 2.12. The van der Waals surface area contributed by atoms with Crippen molar-refractivity contribution in [3.8, 4) is 11.5 Å². The van der Waals surface area contributed by atoms with E-state index in [4.69, 9.17) is 9.47 Å². The summed E-state index contributed by atoms with van der Waals surface area (Å²) in [5.74, 6) is 0.655. The van der Waals surface area contributed by atoms with Crippen LogP contribution in [-0.2, 0) is 5.41 Å². The van der Waals surface area contributed by atoms with Crippen molar-refractivity contribution in [2.75, 3.05) is 7.11 Å². The second kappa shape index (κ2) is 5.20. The molecule has 1 fully saturated rings. The Balaban J connectivity index is 1.89. The minimum absolute atomic E-state index is 0.257. The highest BCUT2D eigenvalue weighted by molar-refractivity contribution is 5.54. The van der Waals surface area contributed by atoms with Gasteiger partial charge in [-0.2, -0.15) is 0 Å². The average molecular weight is 330 g/mol. The van der Waals surface area contributed by atoms with E-state index < -0.39 is 17.2 Å². The van der Waals surface area contributed by atoms with Gasteiger partial charge in [-0.05, 0) is 43.5 Å². The number of para-hydroxylation sites is 1. The molecular formula is C20H20F2O2. The van der Waals surface area contributed by atoms with Crippen LogP contribution in [0.5, 0.6) is 11.5 Å². The van der Waals surface area contributed by atoms with Gasteiger partial charge in [0.2, 0.25) is 0 Å². The molecule has 1 aliphatic carbocycles. The molecule has 3 atom stereocenters. The number of hydrogen-bond acceptors (Lipinski definition) is 2. The van der Waals surface area contributed by atoms with Gasteiger partial charge in [0, 0.05) is 12.0 Å². The molecule has 0 amide bonds. The second-order valence-corrected chi connectivity index (χ2v) is 7.04. The summed E-state index contributed by atoms with van der Waals surface area (Å²) in [6.07, 6.45) is 0.872. The van der Waals surface area contributed by atoms with Crippen LogP contribution in [0.15, 0.2) is 42.5 Å². The predicted molar refractivity (Wildman–Crippen MR) is 88.0 cm³/mol. The van der Waals surface area contributed by atoms with Gasteiger partial charge in [0.25, 0.3) is 0 Å². The van der Waals surface area contributed by atoms with Crippen LogP contribution >= 0.6 is 0 Å². The largest absolute Gasteiger partial charge is 0.497 e. The fourth-order valence-electron chi connectivity index (χ4n) is 4.23. The minimum Gasteiger partial charge on any atom is -0.497 e. The van der Waals surface area contributed by atoms with Gasteiger partial charge in [-0.15, -0.1) is 0 Å². The summed E-state index contributed by atoms with van der Waals surface area (Å²) in [5, 5.41) is 0. The van der Waals surface area contributed by atoms with Gasteiger partial charge >= 0.3 is 0 Å². The summed E-state index contributed by atoms with van der Waals surface area (Å²) >= 11 is 0. The van der Waals surface area contributed by atoms with Crippen LogP contribution in [0.4, 0.5) is 8.78 Å². The molecule has 24 heavy (non-hydrogen) atoms. The Hall–Kier alpha value is -2.10. The number of alkyl halides is 1. The monoisotopic (exact) mass is 330 g/mol. The first-order valence-electron chi connectivity index (χ1n) is 8.25. The number of fused-ring (bicyclic) bond motifs is 3. The van der Waals surface area contributed by atoms with Crippen molar-refractivity contribution < 1.29 is 18.3 Å². The Morgan fingerprint density at radius 3 is 2.58 bits per heavy atom. The normalized spacial score (nSPS) is 31.1. The van der Waals surface area contributed by atoms with E-state index in [1.165, 1.54) is 6.07 Å². The van der Waals surface area contributed by atoms with E-state index in [1.54, 1.807) is 20.1 Å². The highest BCUT2D eigenvalue weighted by Crippen LogP contribution is 2.57. The molecule has 0 spiro atoms. The minimum atomic E-state index is -1.29. The molecule has 2 aromatic rings. The first kappa shape index (κ1) is 15.4. The molecule has 126 valence electrons. The molecule has 0 radical (unpaired) electrons. The van der Waals surface area contributed by atoms with Gasteiger partial charge in [-0.3, -0.25) is 0 Å². The van der Waals surface area contributed by atoms with E-state index in [9.17, 15) is 8.78 Å². The van der Waals surface area contributed by atoms with Gasteiger partial charge in [0.05, 0.1) is 12.5 Å². The second-order valence-electron chi connectivity index (χ2n) is 7.04. The van der Waals surface area contributed by atoms with Gasteiger partial charge in [-0.25, -0.2) is 8.78 Å². The molecule has 0 saturated heterocycles. The SMILES string of the molecule is COc1ccc(C23CCC(C)(F)CC2Oc2c(F)cccc23)cc1. The third-order valence-electron chi connectivity index (χ3n) is 5.51. The van der Waals surface area contributed by atoms with E-state index in [2.05, 4.69) is 0 Å². The van der Waals surface area contributed by atoms with Gasteiger partial charge < -0.3 is 9.47 Å². The van der Waals surface area contributed by atoms with E-state index in [-0.39, 0.29) is 18.0 Å². The summed E-state index contributed by atoms with van der Waals surface area (Å²) < 4.78 is 40.1.